The van der Waals surface area contributed by atoms with Crippen LogP contribution in [0.25, 0.3) is 5.69 Å². The standard InChI is InChI=1S/C21H21BrN4O4S/c1-4-11-30-19-10-5-15(22)12-18(19)20(13-25(27)28)31-21-24-23-14(2)26(21)16-6-8-17(29-3)9-7-16/h4-10,12,20H,1,11,13H2,2-3H3/t20-/m0/s1. The normalized spacial score (nSPS) is 11.7. The molecule has 0 spiro atoms. The van der Waals surface area contributed by atoms with Crippen LogP contribution in [0.1, 0.15) is 16.6 Å². The summed E-state index contributed by atoms with van der Waals surface area (Å²) in [7, 11) is 1.60. The quantitative estimate of drug-likeness (QED) is 0.165. The number of nitrogens with zero attached hydrogens (tertiary/aromatic N) is 4. The Balaban J connectivity index is 2.01. The van der Waals surface area contributed by atoms with Crippen LogP contribution in [0.2, 0.25) is 0 Å². The first-order valence-corrected chi connectivity index (χ1v) is 11.0. The van der Waals surface area contributed by atoms with E-state index in [1.54, 1.807) is 19.3 Å². The number of aromatic nitrogens is 3. The number of benzene rings is 2. The van der Waals surface area contributed by atoms with E-state index in [1.807, 2.05) is 47.9 Å². The van der Waals surface area contributed by atoms with Crippen LogP contribution in [0, 0.1) is 17.0 Å². The molecular weight excluding hydrogens is 484 g/mol. The van der Waals surface area contributed by atoms with Gasteiger partial charge in [0.25, 0.3) is 0 Å². The lowest BCUT2D eigenvalue weighted by Gasteiger charge is -2.18. The number of aryl methyl sites for hydroxylation is 1. The predicted octanol–water partition coefficient (Wildman–Crippen LogP) is 5.02. The molecule has 162 valence electrons. The molecule has 0 saturated heterocycles. The average molecular weight is 505 g/mol. The molecule has 8 nitrogen and oxygen atoms in total. The van der Waals surface area contributed by atoms with Gasteiger partial charge in [-0.15, -0.1) is 10.2 Å². The summed E-state index contributed by atoms with van der Waals surface area (Å²) in [5.74, 6) is 1.97. The van der Waals surface area contributed by atoms with Crippen molar-refractivity contribution in [2.75, 3.05) is 20.3 Å². The number of nitro groups is 1. The summed E-state index contributed by atoms with van der Waals surface area (Å²) < 4.78 is 13.6. The van der Waals surface area contributed by atoms with E-state index in [2.05, 4.69) is 32.7 Å². The summed E-state index contributed by atoms with van der Waals surface area (Å²) in [6.07, 6.45) is 1.63. The Morgan fingerprint density at radius 3 is 2.68 bits per heavy atom. The Kier molecular flexibility index (Phi) is 7.69. The average Bonchev–Trinajstić information content (AvgIpc) is 3.12. The van der Waals surface area contributed by atoms with E-state index in [0.29, 0.717) is 28.9 Å². The van der Waals surface area contributed by atoms with Gasteiger partial charge >= 0.3 is 0 Å². The smallest absolute Gasteiger partial charge is 0.220 e. The third-order valence-corrected chi connectivity index (χ3v) is 6.02. The molecule has 1 atom stereocenters. The summed E-state index contributed by atoms with van der Waals surface area (Å²) in [6, 6.07) is 12.9. The molecule has 0 aliphatic heterocycles. The lowest BCUT2D eigenvalue weighted by molar-refractivity contribution is -0.479. The first-order chi connectivity index (χ1) is 14.9. The fourth-order valence-corrected chi connectivity index (χ4v) is 4.53. The highest BCUT2D eigenvalue weighted by atomic mass is 79.9. The highest BCUT2D eigenvalue weighted by Crippen LogP contribution is 2.41. The van der Waals surface area contributed by atoms with Gasteiger partial charge in [-0.2, -0.15) is 0 Å². The molecule has 2 aromatic carbocycles. The zero-order chi connectivity index (χ0) is 22.4. The molecular formula is C21H21BrN4O4S. The van der Waals surface area contributed by atoms with Crippen molar-refractivity contribution in [1.29, 1.82) is 0 Å². The topological polar surface area (TPSA) is 92.3 Å². The number of hydrogen-bond acceptors (Lipinski definition) is 7. The minimum atomic E-state index is -0.548. The Hall–Kier alpha value is -2.85. The second-order valence-electron chi connectivity index (χ2n) is 6.47. The predicted molar refractivity (Wildman–Crippen MR) is 123 cm³/mol. The van der Waals surface area contributed by atoms with Crippen LogP contribution in [-0.2, 0) is 0 Å². The fourth-order valence-electron chi connectivity index (χ4n) is 2.96. The van der Waals surface area contributed by atoms with Crippen molar-refractivity contribution in [1.82, 2.24) is 14.8 Å². The first kappa shape index (κ1) is 22.8. The SMILES string of the molecule is C=CCOc1ccc(Br)cc1[C@H](C[N+](=O)[O-])Sc1nnc(C)n1-c1ccc(OC)cc1. The molecule has 3 aromatic rings. The molecule has 1 aromatic heterocycles. The van der Waals surface area contributed by atoms with E-state index in [-0.39, 0.29) is 11.5 Å². The van der Waals surface area contributed by atoms with E-state index in [9.17, 15) is 10.1 Å². The van der Waals surface area contributed by atoms with Gasteiger partial charge in [-0.05, 0) is 49.4 Å². The summed E-state index contributed by atoms with van der Waals surface area (Å²) in [4.78, 5) is 11.1. The Morgan fingerprint density at radius 1 is 1.29 bits per heavy atom. The molecule has 0 bridgehead atoms. The minimum Gasteiger partial charge on any atom is -0.497 e. The van der Waals surface area contributed by atoms with Crippen LogP contribution in [0.4, 0.5) is 0 Å². The summed E-state index contributed by atoms with van der Waals surface area (Å²) in [6.45, 7) is 5.49. The van der Waals surface area contributed by atoms with E-state index >= 15 is 0 Å². The monoisotopic (exact) mass is 504 g/mol. The van der Waals surface area contributed by atoms with Crippen molar-refractivity contribution in [3.8, 4) is 17.2 Å². The maximum absolute atomic E-state index is 11.5. The maximum Gasteiger partial charge on any atom is 0.220 e. The minimum absolute atomic E-state index is 0.297. The summed E-state index contributed by atoms with van der Waals surface area (Å²) in [5, 5.41) is 19.9. The second kappa shape index (κ2) is 10.5. The number of hydrogen-bond donors (Lipinski definition) is 0. The molecule has 0 aliphatic rings. The molecule has 0 unspecified atom stereocenters. The van der Waals surface area contributed by atoms with Crippen molar-refractivity contribution < 1.29 is 14.4 Å². The highest BCUT2D eigenvalue weighted by molar-refractivity contribution is 9.10. The van der Waals surface area contributed by atoms with Crippen LogP contribution in [0.3, 0.4) is 0 Å². The van der Waals surface area contributed by atoms with Crippen molar-refractivity contribution in [2.24, 2.45) is 0 Å². The molecule has 0 N–H and O–H groups in total. The molecule has 1 heterocycles. The van der Waals surface area contributed by atoms with E-state index in [1.165, 1.54) is 11.8 Å². The van der Waals surface area contributed by atoms with Gasteiger partial charge in [-0.3, -0.25) is 14.7 Å². The molecule has 10 heteroatoms. The van der Waals surface area contributed by atoms with E-state index < -0.39 is 5.25 Å². The Morgan fingerprint density at radius 2 is 2.03 bits per heavy atom. The maximum atomic E-state index is 11.5. The van der Waals surface area contributed by atoms with Gasteiger partial charge in [0.1, 0.15) is 29.2 Å². The number of thioether (sulfide) groups is 1. The largest absolute Gasteiger partial charge is 0.497 e. The van der Waals surface area contributed by atoms with Crippen LogP contribution in [0.15, 0.2) is 64.7 Å². The van der Waals surface area contributed by atoms with Crippen molar-refractivity contribution in [2.45, 2.75) is 17.3 Å². The van der Waals surface area contributed by atoms with Gasteiger partial charge in [0, 0.05) is 20.6 Å². The Bertz CT molecular complexity index is 1070. The fraction of sp³-hybridized carbons (Fsp3) is 0.238. The van der Waals surface area contributed by atoms with Crippen molar-refractivity contribution in [3.63, 3.8) is 0 Å². The molecule has 0 fully saturated rings. The molecule has 0 amide bonds. The lowest BCUT2D eigenvalue weighted by atomic mass is 10.1. The van der Waals surface area contributed by atoms with Crippen molar-refractivity contribution in [3.05, 3.63) is 81.1 Å². The molecule has 0 aliphatic carbocycles. The van der Waals surface area contributed by atoms with E-state index in [0.717, 1.165) is 15.9 Å². The molecule has 0 radical (unpaired) electrons. The summed E-state index contributed by atoms with van der Waals surface area (Å²) in [5.41, 5.74) is 1.53. The second-order valence-corrected chi connectivity index (χ2v) is 8.55. The lowest BCUT2D eigenvalue weighted by Crippen LogP contribution is -2.12. The van der Waals surface area contributed by atoms with Crippen LogP contribution in [0.5, 0.6) is 11.5 Å². The van der Waals surface area contributed by atoms with Gasteiger partial charge in [-0.25, -0.2) is 0 Å². The zero-order valence-corrected chi connectivity index (χ0v) is 19.4. The third-order valence-electron chi connectivity index (χ3n) is 4.36. The molecule has 31 heavy (non-hydrogen) atoms. The first-order valence-electron chi connectivity index (χ1n) is 9.31. The summed E-state index contributed by atoms with van der Waals surface area (Å²) >= 11 is 4.72. The van der Waals surface area contributed by atoms with Gasteiger partial charge in [0.05, 0.1) is 7.11 Å². The van der Waals surface area contributed by atoms with Gasteiger partial charge in [0.15, 0.2) is 5.16 Å². The van der Waals surface area contributed by atoms with Crippen molar-refractivity contribution >= 4 is 27.7 Å². The van der Waals surface area contributed by atoms with E-state index in [4.69, 9.17) is 9.47 Å². The van der Waals surface area contributed by atoms with Gasteiger partial charge in [-0.1, -0.05) is 40.3 Å². The third kappa shape index (κ3) is 5.65. The molecule has 0 saturated carbocycles. The number of ether oxygens (including phenoxy) is 2. The van der Waals surface area contributed by atoms with Crippen LogP contribution >= 0.6 is 27.7 Å². The van der Waals surface area contributed by atoms with Crippen LogP contribution < -0.4 is 9.47 Å². The number of methoxy groups -OCH3 is 1. The number of halogens is 1. The molecule has 3 rings (SSSR count). The highest BCUT2D eigenvalue weighted by Gasteiger charge is 2.27. The zero-order valence-electron chi connectivity index (χ0n) is 17.0. The van der Waals surface area contributed by atoms with Gasteiger partial charge in [0.2, 0.25) is 6.54 Å². The number of rotatable bonds is 10. The van der Waals surface area contributed by atoms with Crippen LogP contribution in [-0.4, -0.2) is 39.9 Å². The van der Waals surface area contributed by atoms with Gasteiger partial charge < -0.3 is 9.47 Å². The Labute approximate surface area is 192 Å².